The summed E-state index contributed by atoms with van der Waals surface area (Å²) in [5, 5.41) is 22.2. The fraction of sp³-hybridized carbons (Fsp3) is 0.118. The van der Waals surface area contributed by atoms with Crippen LogP contribution in [0.3, 0.4) is 0 Å². The van der Waals surface area contributed by atoms with Crippen LogP contribution in [0.2, 0.25) is 0 Å². The number of imidazole rings is 1. The van der Waals surface area contributed by atoms with E-state index in [1.165, 1.54) is 18.6 Å². The number of hydrogen-bond acceptors (Lipinski definition) is 7. The first kappa shape index (κ1) is 19.8. The van der Waals surface area contributed by atoms with E-state index in [0.29, 0.717) is 36.7 Å². The van der Waals surface area contributed by atoms with Crippen LogP contribution >= 0.6 is 0 Å². The second kappa shape index (κ2) is 8.39. The van der Waals surface area contributed by atoms with E-state index in [0.717, 1.165) is 0 Å². The second-order valence-corrected chi connectivity index (χ2v) is 5.72. The van der Waals surface area contributed by atoms with Gasteiger partial charge in [-0.15, -0.1) is 10.2 Å². The third-order valence-corrected chi connectivity index (χ3v) is 3.75. The first-order chi connectivity index (χ1) is 13.9. The molecule has 2 aromatic heterocycles. The van der Waals surface area contributed by atoms with Gasteiger partial charge in [-0.25, -0.2) is 18.6 Å². The van der Waals surface area contributed by atoms with E-state index < -0.39 is 34.8 Å². The van der Waals surface area contributed by atoms with E-state index in [1.54, 1.807) is 10.8 Å². The van der Waals surface area contributed by atoms with Gasteiger partial charge in [-0.05, 0) is 12.1 Å². The normalized spacial score (nSPS) is 10.6. The summed E-state index contributed by atoms with van der Waals surface area (Å²) in [6.07, 6.45) is 4.64. The molecule has 0 aliphatic carbocycles. The maximum Gasteiger partial charge on any atom is 0.337 e. The van der Waals surface area contributed by atoms with Crippen molar-refractivity contribution in [3.05, 3.63) is 59.8 Å². The zero-order valence-electron chi connectivity index (χ0n) is 14.8. The Morgan fingerprint density at radius 1 is 1.14 bits per heavy atom. The average molecular weight is 403 g/mol. The first-order valence-electron chi connectivity index (χ1n) is 8.24. The molecule has 3 rings (SSSR count). The van der Waals surface area contributed by atoms with Crippen LogP contribution in [0.4, 0.5) is 20.2 Å². The number of carboxylic acid groups (broad SMARTS) is 1. The number of aromatic carboxylic acids is 1. The van der Waals surface area contributed by atoms with Crippen molar-refractivity contribution in [3.63, 3.8) is 0 Å². The molecule has 0 unspecified atom stereocenters. The molecule has 3 aromatic rings. The lowest BCUT2D eigenvalue weighted by Crippen LogP contribution is -2.20. The number of benzene rings is 1. The van der Waals surface area contributed by atoms with Crippen molar-refractivity contribution in [2.45, 2.75) is 0 Å². The topological polar surface area (TPSA) is 148 Å². The van der Waals surface area contributed by atoms with E-state index in [1.807, 2.05) is 0 Å². The Morgan fingerprint density at radius 2 is 1.90 bits per heavy atom. The van der Waals surface area contributed by atoms with Gasteiger partial charge in [-0.2, -0.15) is 0 Å². The number of amides is 1. The van der Waals surface area contributed by atoms with Gasteiger partial charge in [0.15, 0.2) is 23.1 Å². The number of carbonyl (C=O) groups excluding carboxylic acids is 1. The van der Waals surface area contributed by atoms with Gasteiger partial charge in [0.25, 0.3) is 5.91 Å². The lowest BCUT2D eigenvalue weighted by Gasteiger charge is -2.13. The Balaban J connectivity index is 1.94. The van der Waals surface area contributed by atoms with Crippen LogP contribution in [0.1, 0.15) is 20.8 Å². The molecule has 1 aromatic carbocycles. The lowest BCUT2D eigenvalue weighted by molar-refractivity contribution is 0.0697. The highest BCUT2D eigenvalue weighted by molar-refractivity contribution is 6.07. The van der Waals surface area contributed by atoms with Gasteiger partial charge in [0.05, 0.1) is 16.9 Å². The van der Waals surface area contributed by atoms with E-state index >= 15 is 0 Å². The van der Waals surface area contributed by atoms with Crippen molar-refractivity contribution in [1.29, 1.82) is 0 Å². The minimum absolute atomic E-state index is 0.186. The highest BCUT2D eigenvalue weighted by atomic mass is 19.2. The van der Waals surface area contributed by atoms with Crippen LogP contribution < -0.4 is 16.4 Å². The summed E-state index contributed by atoms with van der Waals surface area (Å²) in [6.45, 7) is 0.685. The first-order valence-corrected chi connectivity index (χ1v) is 8.24. The molecule has 2 heterocycles. The summed E-state index contributed by atoms with van der Waals surface area (Å²) in [7, 11) is 0. The molecule has 0 spiro atoms. The average Bonchev–Trinajstić information content (AvgIpc) is 3.23. The van der Waals surface area contributed by atoms with Crippen LogP contribution in [-0.4, -0.2) is 49.8 Å². The highest BCUT2D eigenvalue weighted by Crippen LogP contribution is 2.22. The standard InChI is InChI=1S/C17H15F2N7O3/c18-10-5-9(17(28)29)12(6-11(10)19)23-16(27)14-7-13(22-2-1-20)15(25-24-14)26-4-3-21-8-26/h3-8H,1-2,20H2,(H,22,24)(H,23,27)(H,28,29). The molecular formula is C17H15F2N7O3. The molecule has 0 aliphatic rings. The van der Waals surface area contributed by atoms with Gasteiger partial charge in [-0.3, -0.25) is 9.36 Å². The van der Waals surface area contributed by atoms with Crippen LogP contribution in [0.25, 0.3) is 5.82 Å². The number of hydrogen-bond donors (Lipinski definition) is 4. The lowest BCUT2D eigenvalue weighted by atomic mass is 10.1. The molecule has 29 heavy (non-hydrogen) atoms. The van der Waals surface area contributed by atoms with Crippen LogP contribution in [0, 0.1) is 11.6 Å². The third kappa shape index (κ3) is 4.32. The molecule has 1 amide bonds. The molecule has 5 N–H and O–H groups in total. The number of anilines is 2. The maximum absolute atomic E-state index is 13.5. The van der Waals surface area contributed by atoms with Gasteiger partial charge < -0.3 is 21.5 Å². The van der Waals surface area contributed by atoms with E-state index in [-0.39, 0.29) is 5.69 Å². The molecule has 10 nitrogen and oxygen atoms in total. The molecule has 0 bridgehead atoms. The van der Waals surface area contributed by atoms with Crippen molar-refractivity contribution < 1.29 is 23.5 Å². The Hall–Kier alpha value is -3.93. The zero-order chi connectivity index (χ0) is 21.0. The fourth-order valence-electron chi connectivity index (χ4n) is 2.42. The minimum Gasteiger partial charge on any atom is -0.478 e. The number of aromatic nitrogens is 4. The predicted octanol–water partition coefficient (Wildman–Crippen LogP) is 1.26. The van der Waals surface area contributed by atoms with Gasteiger partial charge in [0.1, 0.15) is 6.33 Å². The molecule has 0 radical (unpaired) electrons. The molecule has 0 saturated carbocycles. The molecule has 0 atom stereocenters. The zero-order valence-corrected chi connectivity index (χ0v) is 14.8. The molecule has 0 aliphatic heterocycles. The molecular weight excluding hydrogens is 388 g/mol. The third-order valence-electron chi connectivity index (χ3n) is 3.75. The number of halogens is 2. The van der Waals surface area contributed by atoms with Gasteiger partial charge in [-0.1, -0.05) is 0 Å². The maximum atomic E-state index is 13.5. The summed E-state index contributed by atoms with van der Waals surface area (Å²) < 4.78 is 28.4. The Bertz CT molecular complexity index is 1060. The SMILES string of the molecule is NCCNc1cc(C(=O)Nc2cc(F)c(F)cc2C(=O)O)nnc1-n1ccnc1. The highest BCUT2D eigenvalue weighted by Gasteiger charge is 2.20. The summed E-state index contributed by atoms with van der Waals surface area (Å²) in [5.41, 5.74) is 4.70. The summed E-state index contributed by atoms with van der Waals surface area (Å²) in [4.78, 5) is 27.7. The number of rotatable bonds is 7. The van der Waals surface area contributed by atoms with Crippen LogP contribution in [0.5, 0.6) is 0 Å². The monoisotopic (exact) mass is 403 g/mol. The van der Waals surface area contributed by atoms with Crippen molar-refractivity contribution in [3.8, 4) is 5.82 Å². The summed E-state index contributed by atoms with van der Waals surface area (Å²) in [6, 6.07) is 2.43. The van der Waals surface area contributed by atoms with Crippen LogP contribution in [0.15, 0.2) is 36.9 Å². The van der Waals surface area contributed by atoms with Crippen molar-refractivity contribution in [2.75, 3.05) is 23.7 Å². The Labute approximate surface area is 162 Å². The smallest absolute Gasteiger partial charge is 0.337 e. The van der Waals surface area contributed by atoms with Gasteiger partial charge >= 0.3 is 5.97 Å². The predicted molar refractivity (Wildman–Crippen MR) is 98.0 cm³/mol. The van der Waals surface area contributed by atoms with Crippen molar-refractivity contribution >= 4 is 23.3 Å². The van der Waals surface area contributed by atoms with Gasteiger partial charge in [0.2, 0.25) is 0 Å². The number of carbonyl (C=O) groups is 2. The minimum atomic E-state index is -1.54. The fourth-order valence-corrected chi connectivity index (χ4v) is 2.42. The largest absolute Gasteiger partial charge is 0.478 e. The molecule has 12 heteroatoms. The molecule has 0 saturated heterocycles. The van der Waals surface area contributed by atoms with E-state index in [9.17, 15) is 18.4 Å². The second-order valence-electron chi connectivity index (χ2n) is 5.72. The number of carboxylic acids is 1. The van der Waals surface area contributed by atoms with Crippen LogP contribution in [-0.2, 0) is 0 Å². The molecule has 0 fully saturated rings. The molecule has 150 valence electrons. The number of nitrogens with two attached hydrogens (primary N) is 1. The Morgan fingerprint density at radius 3 is 2.55 bits per heavy atom. The van der Waals surface area contributed by atoms with Crippen molar-refractivity contribution in [1.82, 2.24) is 19.7 Å². The summed E-state index contributed by atoms with van der Waals surface area (Å²) >= 11 is 0. The van der Waals surface area contributed by atoms with E-state index in [2.05, 4.69) is 25.8 Å². The van der Waals surface area contributed by atoms with Gasteiger partial charge in [0, 0.05) is 31.5 Å². The quantitative estimate of drug-likeness (QED) is 0.461. The van der Waals surface area contributed by atoms with Crippen molar-refractivity contribution in [2.24, 2.45) is 5.73 Å². The summed E-state index contributed by atoms with van der Waals surface area (Å²) in [5.74, 6) is -4.70. The number of nitrogens with zero attached hydrogens (tertiary/aromatic N) is 4. The number of nitrogens with one attached hydrogen (secondary N) is 2. The Kier molecular flexibility index (Phi) is 5.74. The van der Waals surface area contributed by atoms with E-state index in [4.69, 9.17) is 10.8 Å².